The molecule has 0 aromatic heterocycles. The van der Waals surface area contributed by atoms with Crippen LogP contribution in [0.25, 0.3) is 0 Å². The second-order valence-corrected chi connectivity index (χ2v) is 4.41. The Balaban J connectivity index is 2.64. The fourth-order valence-corrected chi connectivity index (χ4v) is 2.49. The first-order valence-corrected chi connectivity index (χ1v) is 5.56. The molecule has 0 aliphatic carbocycles. The van der Waals surface area contributed by atoms with Crippen molar-refractivity contribution in [2.24, 2.45) is 0 Å². The van der Waals surface area contributed by atoms with Gasteiger partial charge in [-0.2, -0.15) is 0 Å². The zero-order chi connectivity index (χ0) is 11.0. The summed E-state index contributed by atoms with van der Waals surface area (Å²) in [5.74, 6) is 0.570. The predicted octanol–water partition coefficient (Wildman–Crippen LogP) is 3.34. The van der Waals surface area contributed by atoms with E-state index in [0.717, 1.165) is 18.4 Å². The van der Waals surface area contributed by atoms with Gasteiger partial charge in [0.05, 0.1) is 16.6 Å². The second kappa shape index (κ2) is 3.98. The molecule has 0 saturated heterocycles. The molecule has 0 bridgehead atoms. The van der Waals surface area contributed by atoms with Crippen LogP contribution in [0.15, 0.2) is 10.5 Å². The maximum absolute atomic E-state index is 10.7. The molecule has 2 rings (SSSR count). The fraction of sp³-hybridized carbons (Fsp3) is 0.333. The number of hydrogen-bond acceptors (Lipinski definition) is 3. The molecule has 0 unspecified atom stereocenters. The van der Waals surface area contributed by atoms with Crippen molar-refractivity contribution in [2.45, 2.75) is 12.8 Å². The Morgan fingerprint density at radius 1 is 1.60 bits per heavy atom. The van der Waals surface area contributed by atoms with Crippen LogP contribution in [0.5, 0.6) is 5.75 Å². The first-order chi connectivity index (χ1) is 7.11. The lowest BCUT2D eigenvalue weighted by Gasteiger charge is -2.19. The van der Waals surface area contributed by atoms with E-state index in [4.69, 9.17) is 16.3 Å². The third-order valence-corrected chi connectivity index (χ3v) is 3.42. The van der Waals surface area contributed by atoms with Crippen LogP contribution in [0, 0.1) is 10.1 Å². The first-order valence-electron chi connectivity index (χ1n) is 4.39. The van der Waals surface area contributed by atoms with Gasteiger partial charge in [-0.15, -0.1) is 0 Å². The van der Waals surface area contributed by atoms with Crippen molar-refractivity contribution in [3.8, 4) is 5.75 Å². The number of benzene rings is 1. The summed E-state index contributed by atoms with van der Waals surface area (Å²) in [5, 5.41) is 11.0. The molecule has 0 radical (unpaired) electrons. The lowest BCUT2D eigenvalue weighted by atomic mass is 10.1. The molecule has 0 amide bonds. The average molecular weight is 293 g/mol. The van der Waals surface area contributed by atoms with E-state index < -0.39 is 4.92 Å². The molecule has 0 atom stereocenters. The molecule has 6 heteroatoms. The van der Waals surface area contributed by atoms with Crippen LogP contribution < -0.4 is 4.74 Å². The Morgan fingerprint density at radius 2 is 2.33 bits per heavy atom. The van der Waals surface area contributed by atoms with Crippen molar-refractivity contribution in [1.82, 2.24) is 0 Å². The zero-order valence-electron chi connectivity index (χ0n) is 7.63. The van der Waals surface area contributed by atoms with Crippen LogP contribution >= 0.6 is 27.5 Å². The molecule has 4 nitrogen and oxygen atoms in total. The van der Waals surface area contributed by atoms with E-state index in [1.54, 1.807) is 0 Å². The summed E-state index contributed by atoms with van der Waals surface area (Å²) >= 11 is 9.13. The number of nitrogens with zero attached hydrogens (tertiary/aromatic N) is 1. The number of hydrogen-bond donors (Lipinski definition) is 0. The van der Waals surface area contributed by atoms with E-state index in [1.165, 1.54) is 6.07 Å². The standard InChI is InChI=1S/C9H7BrClNO3/c10-8-5-2-1-3-15-9(5)6(11)4-7(8)12(13)14/h4H,1-3H2. The minimum atomic E-state index is -0.454. The third kappa shape index (κ3) is 1.81. The number of halogens is 2. The van der Waals surface area contributed by atoms with Gasteiger partial charge in [0, 0.05) is 11.6 Å². The molecule has 1 aliphatic rings. The molecular weight excluding hydrogens is 285 g/mol. The summed E-state index contributed by atoms with van der Waals surface area (Å²) in [6.45, 7) is 0.608. The van der Waals surface area contributed by atoms with Crippen LogP contribution in [0.3, 0.4) is 0 Å². The van der Waals surface area contributed by atoms with Gasteiger partial charge in [-0.1, -0.05) is 11.6 Å². The van der Waals surface area contributed by atoms with E-state index in [0.29, 0.717) is 21.9 Å². The molecule has 0 N–H and O–H groups in total. The summed E-state index contributed by atoms with van der Waals surface area (Å²) in [6, 6.07) is 1.32. The molecule has 0 saturated carbocycles. The van der Waals surface area contributed by atoms with E-state index in [-0.39, 0.29) is 5.69 Å². The highest BCUT2D eigenvalue weighted by molar-refractivity contribution is 9.10. The topological polar surface area (TPSA) is 52.4 Å². The largest absolute Gasteiger partial charge is 0.492 e. The highest BCUT2D eigenvalue weighted by atomic mass is 79.9. The van der Waals surface area contributed by atoms with Crippen LogP contribution in [0.2, 0.25) is 5.02 Å². The van der Waals surface area contributed by atoms with Gasteiger partial charge in [0.25, 0.3) is 5.69 Å². The Hall–Kier alpha value is -0.810. The van der Waals surface area contributed by atoms with Crippen molar-refractivity contribution in [3.63, 3.8) is 0 Å². The van der Waals surface area contributed by atoms with Gasteiger partial charge in [0.15, 0.2) is 0 Å². The molecule has 1 aliphatic heterocycles. The van der Waals surface area contributed by atoms with Crippen LogP contribution in [0.1, 0.15) is 12.0 Å². The van der Waals surface area contributed by atoms with Gasteiger partial charge in [-0.05, 0) is 28.8 Å². The van der Waals surface area contributed by atoms with E-state index >= 15 is 0 Å². The Bertz CT molecular complexity index is 436. The summed E-state index contributed by atoms with van der Waals surface area (Å²) in [4.78, 5) is 10.3. The van der Waals surface area contributed by atoms with E-state index in [1.807, 2.05) is 0 Å². The van der Waals surface area contributed by atoms with Crippen molar-refractivity contribution < 1.29 is 9.66 Å². The number of rotatable bonds is 1. The van der Waals surface area contributed by atoms with Crippen molar-refractivity contribution in [1.29, 1.82) is 0 Å². The first kappa shape index (κ1) is 10.7. The third-order valence-electron chi connectivity index (χ3n) is 2.26. The van der Waals surface area contributed by atoms with Crippen LogP contribution in [0.4, 0.5) is 5.69 Å². The van der Waals surface area contributed by atoms with Crippen molar-refractivity contribution in [2.75, 3.05) is 6.61 Å². The quantitative estimate of drug-likeness (QED) is 0.589. The molecule has 80 valence electrons. The van der Waals surface area contributed by atoms with Crippen molar-refractivity contribution >= 4 is 33.2 Å². The predicted molar refractivity (Wildman–Crippen MR) is 59.6 cm³/mol. The Kier molecular flexibility index (Phi) is 2.84. The second-order valence-electron chi connectivity index (χ2n) is 3.21. The number of nitro benzene ring substituents is 1. The van der Waals surface area contributed by atoms with Crippen LogP contribution in [-0.2, 0) is 6.42 Å². The molecule has 0 fully saturated rings. The summed E-state index contributed by atoms with van der Waals surface area (Å²) in [5.41, 5.74) is 0.782. The average Bonchev–Trinajstić information content (AvgIpc) is 2.23. The normalized spacial score (nSPS) is 14.3. The summed E-state index contributed by atoms with van der Waals surface area (Å²) in [7, 11) is 0. The van der Waals surface area contributed by atoms with Gasteiger partial charge < -0.3 is 4.74 Å². The molecular formula is C9H7BrClNO3. The SMILES string of the molecule is O=[N+]([O-])c1cc(Cl)c2c(c1Br)CCCO2. The van der Waals surface area contributed by atoms with Gasteiger partial charge in [-0.25, -0.2) is 0 Å². The maximum Gasteiger partial charge on any atom is 0.285 e. The molecule has 1 heterocycles. The lowest BCUT2D eigenvalue weighted by molar-refractivity contribution is -0.385. The monoisotopic (exact) mass is 291 g/mol. The minimum absolute atomic E-state index is 0.00995. The van der Waals surface area contributed by atoms with E-state index in [9.17, 15) is 10.1 Å². The number of fused-ring (bicyclic) bond motifs is 1. The van der Waals surface area contributed by atoms with Gasteiger partial charge in [0.2, 0.25) is 0 Å². The summed E-state index contributed by atoms with van der Waals surface area (Å²) < 4.78 is 5.86. The lowest BCUT2D eigenvalue weighted by Crippen LogP contribution is -2.10. The molecule has 15 heavy (non-hydrogen) atoms. The van der Waals surface area contributed by atoms with Gasteiger partial charge in [0.1, 0.15) is 10.2 Å². The maximum atomic E-state index is 10.7. The van der Waals surface area contributed by atoms with Gasteiger partial charge in [-0.3, -0.25) is 10.1 Å². The smallest absolute Gasteiger partial charge is 0.285 e. The highest BCUT2D eigenvalue weighted by Gasteiger charge is 2.25. The van der Waals surface area contributed by atoms with Crippen molar-refractivity contribution in [3.05, 3.63) is 31.2 Å². The molecule has 1 aromatic carbocycles. The Morgan fingerprint density at radius 3 is 3.00 bits per heavy atom. The molecule has 0 spiro atoms. The highest BCUT2D eigenvalue weighted by Crippen LogP contribution is 2.42. The molecule has 1 aromatic rings. The van der Waals surface area contributed by atoms with Crippen LogP contribution in [-0.4, -0.2) is 11.5 Å². The number of nitro groups is 1. The van der Waals surface area contributed by atoms with E-state index in [2.05, 4.69) is 15.9 Å². The fourth-order valence-electron chi connectivity index (χ4n) is 1.58. The van der Waals surface area contributed by atoms with Gasteiger partial charge >= 0.3 is 0 Å². The Labute approximate surface area is 99.5 Å². The number of ether oxygens (including phenoxy) is 1. The minimum Gasteiger partial charge on any atom is -0.492 e. The zero-order valence-corrected chi connectivity index (χ0v) is 9.97. The summed E-state index contributed by atoms with van der Waals surface area (Å²) in [6.07, 6.45) is 1.60.